The number of aryl methyl sites for hydroxylation is 1. The number of carbonyl (C=O) groups is 1. The van der Waals surface area contributed by atoms with E-state index < -0.39 is 5.60 Å². The number of hydrogen-bond acceptors (Lipinski definition) is 9. The molecule has 2 aromatic heterocycles. The molecule has 0 bridgehead atoms. The molecule has 1 amide bonds. The number of benzene rings is 3. The first kappa shape index (κ1) is 41.6. The van der Waals surface area contributed by atoms with Crippen molar-refractivity contribution >= 4 is 91.7 Å². The molecular weight excluding hydrogens is 789 g/mol. The standard InChI is InChI=1S/C19H19NS3.C17H20BrNO2S3.C2H6/c1-13-5-3-4-6-16(13)17-11-14(7-9-18(17)21-2)22-19-10-8-15(12-20)23-19;1-17(2,3)21-16(20)19-10-12-6-8-15(24-12)23-11-5-7-14(22-4)13(18)9-11;1-2/h3-11H,12,20H2,1-2H3;5-9H,10H2,1-4H3,(H,19,20);1-2H3. The molecule has 0 radical (unpaired) electrons. The van der Waals surface area contributed by atoms with Crippen molar-refractivity contribution in [3.05, 3.63) is 105 Å². The van der Waals surface area contributed by atoms with E-state index in [1.807, 2.05) is 52.4 Å². The zero-order valence-corrected chi connectivity index (χ0v) is 35.7. The lowest BCUT2D eigenvalue weighted by atomic mass is 10.0. The average molecular weight is 834 g/mol. The van der Waals surface area contributed by atoms with Crippen molar-refractivity contribution in [2.75, 3.05) is 12.5 Å². The predicted molar refractivity (Wildman–Crippen MR) is 224 cm³/mol. The number of ether oxygens (including phenoxy) is 1. The van der Waals surface area contributed by atoms with E-state index in [9.17, 15) is 4.79 Å². The largest absolute Gasteiger partial charge is 0.444 e. The van der Waals surface area contributed by atoms with E-state index in [4.69, 9.17) is 10.5 Å². The lowest BCUT2D eigenvalue weighted by Crippen LogP contribution is -2.31. The summed E-state index contributed by atoms with van der Waals surface area (Å²) in [7, 11) is 0. The van der Waals surface area contributed by atoms with Crippen LogP contribution in [0.1, 0.15) is 49.9 Å². The van der Waals surface area contributed by atoms with Crippen LogP contribution >= 0.6 is 85.7 Å². The Bertz CT molecular complexity index is 1780. The van der Waals surface area contributed by atoms with Crippen molar-refractivity contribution in [1.82, 2.24) is 5.32 Å². The van der Waals surface area contributed by atoms with Crippen molar-refractivity contribution in [3.63, 3.8) is 0 Å². The molecule has 4 nitrogen and oxygen atoms in total. The molecule has 0 unspecified atom stereocenters. The topological polar surface area (TPSA) is 64.3 Å². The van der Waals surface area contributed by atoms with Gasteiger partial charge < -0.3 is 15.8 Å². The van der Waals surface area contributed by atoms with E-state index in [0.29, 0.717) is 13.1 Å². The zero-order chi connectivity index (χ0) is 36.0. The number of thiophene rings is 2. The Morgan fingerprint density at radius 2 is 1.37 bits per heavy atom. The van der Waals surface area contributed by atoms with Crippen molar-refractivity contribution in [3.8, 4) is 11.1 Å². The smallest absolute Gasteiger partial charge is 0.407 e. The SMILES string of the molecule is CC.CSc1ccc(Sc2ccc(CN)s2)cc1-c1ccccc1C.CSc1ccc(Sc2ccc(CNC(=O)OC(C)(C)C)s2)cc1Br. The Kier molecular flexibility index (Phi) is 17.7. The molecule has 262 valence electrons. The third kappa shape index (κ3) is 13.7. The van der Waals surface area contributed by atoms with E-state index in [1.54, 1.807) is 58.0 Å². The van der Waals surface area contributed by atoms with Gasteiger partial charge in [-0.25, -0.2) is 4.79 Å². The molecule has 3 aromatic carbocycles. The summed E-state index contributed by atoms with van der Waals surface area (Å²) in [6.45, 7) is 12.8. The summed E-state index contributed by atoms with van der Waals surface area (Å²) in [5.41, 5.74) is 9.17. The third-order valence-electron chi connectivity index (χ3n) is 6.45. The number of hydrogen-bond donors (Lipinski definition) is 2. The second-order valence-electron chi connectivity index (χ2n) is 11.2. The number of carbonyl (C=O) groups excluding carboxylic acids is 1. The van der Waals surface area contributed by atoms with E-state index in [-0.39, 0.29) is 6.09 Å². The van der Waals surface area contributed by atoms with Crippen LogP contribution in [0, 0.1) is 6.92 Å². The van der Waals surface area contributed by atoms with Gasteiger partial charge in [-0.2, -0.15) is 0 Å². The fourth-order valence-corrected chi connectivity index (χ4v) is 10.6. The van der Waals surface area contributed by atoms with Crippen LogP contribution in [0.3, 0.4) is 0 Å². The summed E-state index contributed by atoms with van der Waals surface area (Å²) < 4.78 is 8.84. The minimum absolute atomic E-state index is 0.387. The van der Waals surface area contributed by atoms with Crippen molar-refractivity contribution in [1.29, 1.82) is 0 Å². The highest BCUT2D eigenvalue weighted by Gasteiger charge is 2.16. The number of thioether (sulfide) groups is 2. The Balaban J connectivity index is 0.000000253. The van der Waals surface area contributed by atoms with Crippen LogP contribution in [0.15, 0.2) is 117 Å². The van der Waals surface area contributed by atoms with Gasteiger partial charge in [0.05, 0.1) is 15.0 Å². The van der Waals surface area contributed by atoms with E-state index in [0.717, 1.165) is 9.35 Å². The number of halogens is 1. The Morgan fingerprint density at radius 3 is 1.92 bits per heavy atom. The van der Waals surface area contributed by atoms with Gasteiger partial charge in [0.2, 0.25) is 0 Å². The summed E-state index contributed by atoms with van der Waals surface area (Å²) in [4.78, 5) is 19.0. The summed E-state index contributed by atoms with van der Waals surface area (Å²) in [6, 6.07) is 30.1. The fraction of sp³-hybridized carbons (Fsp3) is 0.289. The van der Waals surface area contributed by atoms with Crippen LogP contribution in [-0.4, -0.2) is 24.2 Å². The van der Waals surface area contributed by atoms with Gasteiger partial charge in [-0.1, -0.05) is 61.6 Å². The second-order valence-corrected chi connectivity index (χ2v) is 18.8. The molecule has 5 aromatic rings. The van der Waals surface area contributed by atoms with Crippen molar-refractivity contribution < 1.29 is 9.53 Å². The molecular formula is C38H45BrN2O2S6. The van der Waals surface area contributed by atoms with Crippen molar-refractivity contribution in [2.24, 2.45) is 5.73 Å². The van der Waals surface area contributed by atoms with Gasteiger partial charge in [-0.15, -0.1) is 46.2 Å². The second kappa shape index (κ2) is 20.9. The quantitative estimate of drug-likeness (QED) is 0.136. The van der Waals surface area contributed by atoms with Gasteiger partial charge in [-0.3, -0.25) is 0 Å². The predicted octanol–water partition coefficient (Wildman–Crippen LogP) is 13.5. The lowest BCUT2D eigenvalue weighted by Gasteiger charge is -2.19. The Morgan fingerprint density at radius 1 is 0.796 bits per heavy atom. The van der Waals surface area contributed by atoms with Gasteiger partial charge in [0.25, 0.3) is 0 Å². The normalized spacial score (nSPS) is 10.8. The van der Waals surface area contributed by atoms with Crippen LogP contribution in [0.4, 0.5) is 4.79 Å². The summed E-state index contributed by atoms with van der Waals surface area (Å²) in [5, 5.41) is 2.79. The van der Waals surface area contributed by atoms with Crippen LogP contribution in [0.2, 0.25) is 0 Å². The summed E-state index contributed by atoms with van der Waals surface area (Å²) in [6.07, 6.45) is 3.81. The van der Waals surface area contributed by atoms with Gasteiger partial charge in [0.1, 0.15) is 5.60 Å². The van der Waals surface area contributed by atoms with Crippen LogP contribution in [-0.2, 0) is 17.8 Å². The lowest BCUT2D eigenvalue weighted by molar-refractivity contribution is 0.0524. The van der Waals surface area contributed by atoms with Gasteiger partial charge in [-0.05, 0) is 133 Å². The maximum atomic E-state index is 11.7. The first-order valence-electron chi connectivity index (χ1n) is 15.8. The minimum atomic E-state index is -0.475. The molecule has 0 spiro atoms. The molecule has 5 rings (SSSR count). The Hall–Kier alpha value is -1.83. The van der Waals surface area contributed by atoms with Crippen LogP contribution in [0.5, 0.6) is 0 Å². The molecule has 3 N–H and O–H groups in total. The fourth-order valence-electron chi connectivity index (χ4n) is 4.28. The molecule has 0 fully saturated rings. The molecule has 11 heteroatoms. The highest BCUT2D eigenvalue weighted by atomic mass is 79.9. The monoisotopic (exact) mass is 832 g/mol. The molecule has 0 saturated heterocycles. The van der Waals surface area contributed by atoms with Crippen molar-refractivity contribution in [2.45, 2.75) is 88.2 Å². The molecule has 0 aliphatic heterocycles. The number of nitrogens with one attached hydrogen (secondary N) is 1. The molecule has 0 atom stereocenters. The molecule has 2 heterocycles. The number of alkyl carbamates (subject to hydrolysis) is 1. The highest BCUT2D eigenvalue weighted by molar-refractivity contribution is 9.10. The Labute approximate surface area is 326 Å². The zero-order valence-electron chi connectivity index (χ0n) is 29.2. The first-order valence-corrected chi connectivity index (χ1v) is 22.3. The van der Waals surface area contributed by atoms with E-state index in [2.05, 4.69) is 120 Å². The maximum Gasteiger partial charge on any atom is 0.407 e. The van der Waals surface area contributed by atoms with E-state index in [1.165, 1.54) is 49.6 Å². The van der Waals surface area contributed by atoms with Gasteiger partial charge in [0.15, 0.2) is 0 Å². The number of nitrogens with two attached hydrogens (primary N) is 1. The molecule has 0 aliphatic carbocycles. The van der Waals surface area contributed by atoms with Gasteiger partial charge in [0, 0.05) is 40.4 Å². The summed E-state index contributed by atoms with van der Waals surface area (Å²) in [5.74, 6) is 0. The minimum Gasteiger partial charge on any atom is -0.444 e. The molecule has 49 heavy (non-hydrogen) atoms. The van der Waals surface area contributed by atoms with Crippen LogP contribution in [0.25, 0.3) is 11.1 Å². The summed E-state index contributed by atoms with van der Waals surface area (Å²) >= 11 is 14.1. The maximum absolute atomic E-state index is 11.7. The highest BCUT2D eigenvalue weighted by Crippen LogP contribution is 2.40. The number of amides is 1. The van der Waals surface area contributed by atoms with E-state index >= 15 is 0 Å². The van der Waals surface area contributed by atoms with Crippen LogP contribution < -0.4 is 11.1 Å². The third-order valence-corrected chi connectivity index (χ3v) is 13.4. The number of rotatable bonds is 10. The first-order chi connectivity index (χ1) is 23.5. The molecule has 0 aliphatic rings. The van der Waals surface area contributed by atoms with Gasteiger partial charge >= 0.3 is 6.09 Å². The molecule has 0 saturated carbocycles. The average Bonchev–Trinajstić information content (AvgIpc) is 3.74.